The highest BCUT2D eigenvalue weighted by Gasteiger charge is 2.21. The molecule has 122 valence electrons. The minimum absolute atomic E-state index is 0.108. The summed E-state index contributed by atoms with van der Waals surface area (Å²) in [6.45, 7) is 4.05. The molecule has 1 atom stereocenters. The van der Waals surface area contributed by atoms with E-state index < -0.39 is 0 Å². The van der Waals surface area contributed by atoms with E-state index in [-0.39, 0.29) is 11.9 Å². The van der Waals surface area contributed by atoms with E-state index in [9.17, 15) is 4.79 Å². The van der Waals surface area contributed by atoms with Crippen molar-refractivity contribution in [2.45, 2.75) is 19.9 Å². The molecule has 0 aliphatic heterocycles. The summed E-state index contributed by atoms with van der Waals surface area (Å²) in [5.74, 6) is 0.697. The molecule has 24 heavy (non-hydrogen) atoms. The molecule has 4 nitrogen and oxygen atoms in total. The first kappa shape index (κ1) is 16.0. The number of hydrogen-bond acceptors (Lipinski definition) is 2. The first-order chi connectivity index (χ1) is 11.5. The van der Waals surface area contributed by atoms with E-state index in [2.05, 4.69) is 10.3 Å². The van der Waals surface area contributed by atoms with Crippen molar-refractivity contribution in [2.24, 2.45) is 7.05 Å². The number of rotatable bonds is 4. The van der Waals surface area contributed by atoms with Crippen LogP contribution in [0, 0.1) is 13.8 Å². The van der Waals surface area contributed by atoms with E-state index in [0.717, 1.165) is 17.0 Å². The lowest BCUT2D eigenvalue weighted by Gasteiger charge is -2.19. The summed E-state index contributed by atoms with van der Waals surface area (Å²) in [6, 6.07) is 15.4. The summed E-state index contributed by atoms with van der Waals surface area (Å²) in [7, 11) is 1.93. The Morgan fingerprint density at radius 3 is 2.12 bits per heavy atom. The lowest BCUT2D eigenvalue weighted by molar-refractivity contribution is 0.0941. The predicted molar refractivity (Wildman–Crippen MR) is 94.9 cm³/mol. The Hall–Kier alpha value is -2.88. The van der Waals surface area contributed by atoms with Crippen LogP contribution in [-0.2, 0) is 7.05 Å². The molecule has 0 bridgehead atoms. The summed E-state index contributed by atoms with van der Waals surface area (Å²) in [5.41, 5.74) is 3.97. The van der Waals surface area contributed by atoms with Gasteiger partial charge in [0.2, 0.25) is 0 Å². The normalized spacial score (nSPS) is 12.0. The van der Waals surface area contributed by atoms with Gasteiger partial charge < -0.3 is 9.88 Å². The van der Waals surface area contributed by atoms with Crippen LogP contribution in [0.3, 0.4) is 0 Å². The summed E-state index contributed by atoms with van der Waals surface area (Å²) >= 11 is 0. The third-order valence-electron chi connectivity index (χ3n) is 4.12. The van der Waals surface area contributed by atoms with Crippen molar-refractivity contribution in [3.63, 3.8) is 0 Å². The van der Waals surface area contributed by atoms with Gasteiger partial charge in [-0.25, -0.2) is 4.98 Å². The zero-order chi connectivity index (χ0) is 17.1. The van der Waals surface area contributed by atoms with E-state index in [4.69, 9.17) is 0 Å². The maximum absolute atomic E-state index is 12.7. The molecule has 0 radical (unpaired) electrons. The largest absolute Gasteiger partial charge is 0.338 e. The Balaban J connectivity index is 1.93. The second-order valence-electron chi connectivity index (χ2n) is 6.08. The molecule has 1 unspecified atom stereocenters. The van der Waals surface area contributed by atoms with Gasteiger partial charge in [-0.3, -0.25) is 4.79 Å². The highest BCUT2D eigenvalue weighted by molar-refractivity contribution is 5.94. The Kier molecular flexibility index (Phi) is 4.47. The summed E-state index contributed by atoms with van der Waals surface area (Å²) in [4.78, 5) is 17.1. The molecule has 3 aromatic rings. The molecular weight excluding hydrogens is 298 g/mol. The monoisotopic (exact) mass is 319 g/mol. The number of nitrogens with zero attached hydrogens (tertiary/aromatic N) is 2. The van der Waals surface area contributed by atoms with Crippen LogP contribution in [0.2, 0.25) is 0 Å². The Labute approximate surface area is 142 Å². The van der Waals surface area contributed by atoms with Gasteiger partial charge in [0.05, 0.1) is 0 Å². The van der Waals surface area contributed by atoms with Crippen LogP contribution in [0.1, 0.15) is 38.9 Å². The first-order valence-corrected chi connectivity index (χ1v) is 7.96. The van der Waals surface area contributed by atoms with Crippen LogP contribution in [0.15, 0.2) is 60.9 Å². The number of benzene rings is 2. The molecule has 1 N–H and O–H groups in total. The SMILES string of the molecule is Cc1ccc(C(=O)NC(c2ccc(C)cc2)c2nccn2C)cc1. The molecule has 0 fully saturated rings. The minimum atomic E-state index is -0.292. The van der Waals surface area contributed by atoms with Gasteiger partial charge in [-0.05, 0) is 31.5 Å². The third kappa shape index (κ3) is 3.38. The molecule has 2 aromatic carbocycles. The lowest BCUT2D eigenvalue weighted by Crippen LogP contribution is -2.31. The van der Waals surface area contributed by atoms with Gasteiger partial charge in [0.1, 0.15) is 11.9 Å². The molecule has 0 aliphatic carbocycles. The van der Waals surface area contributed by atoms with E-state index in [0.29, 0.717) is 5.56 Å². The fourth-order valence-corrected chi connectivity index (χ4v) is 2.63. The first-order valence-electron chi connectivity index (χ1n) is 7.96. The molecule has 0 aliphatic rings. The van der Waals surface area contributed by atoms with Gasteiger partial charge in [0.15, 0.2) is 0 Å². The molecule has 0 saturated carbocycles. The number of aromatic nitrogens is 2. The maximum Gasteiger partial charge on any atom is 0.252 e. The highest BCUT2D eigenvalue weighted by Crippen LogP contribution is 2.21. The zero-order valence-corrected chi connectivity index (χ0v) is 14.2. The molecule has 1 amide bonds. The van der Waals surface area contributed by atoms with Crippen LogP contribution < -0.4 is 5.32 Å². The van der Waals surface area contributed by atoms with Gasteiger partial charge in [0.25, 0.3) is 5.91 Å². The van der Waals surface area contributed by atoms with Crippen molar-refractivity contribution in [2.75, 3.05) is 0 Å². The van der Waals surface area contributed by atoms with E-state index in [1.807, 2.05) is 80.2 Å². The van der Waals surface area contributed by atoms with Crippen molar-refractivity contribution in [1.82, 2.24) is 14.9 Å². The summed E-state index contributed by atoms with van der Waals surface area (Å²) in [5, 5.41) is 3.11. The molecule has 4 heteroatoms. The van der Waals surface area contributed by atoms with Crippen LogP contribution >= 0.6 is 0 Å². The number of carbonyl (C=O) groups is 1. The summed E-state index contributed by atoms with van der Waals surface area (Å²) in [6.07, 6.45) is 3.63. The molecule has 1 heterocycles. The van der Waals surface area contributed by atoms with Crippen LogP contribution in [0.4, 0.5) is 0 Å². The lowest BCUT2D eigenvalue weighted by atomic mass is 10.0. The summed E-state index contributed by atoms with van der Waals surface area (Å²) < 4.78 is 1.93. The fourth-order valence-electron chi connectivity index (χ4n) is 2.63. The Morgan fingerprint density at radius 2 is 1.58 bits per heavy atom. The molecular formula is C20H21N3O. The van der Waals surface area contributed by atoms with Crippen molar-refractivity contribution >= 4 is 5.91 Å². The van der Waals surface area contributed by atoms with Gasteiger partial charge in [-0.15, -0.1) is 0 Å². The van der Waals surface area contributed by atoms with Crippen molar-refractivity contribution < 1.29 is 4.79 Å². The number of hydrogen-bond donors (Lipinski definition) is 1. The molecule has 0 spiro atoms. The molecule has 0 saturated heterocycles. The number of amides is 1. The smallest absolute Gasteiger partial charge is 0.252 e. The quantitative estimate of drug-likeness (QED) is 0.799. The van der Waals surface area contributed by atoms with E-state index in [1.165, 1.54) is 5.56 Å². The molecule has 1 aromatic heterocycles. The Morgan fingerprint density at radius 1 is 1.00 bits per heavy atom. The maximum atomic E-state index is 12.7. The van der Waals surface area contributed by atoms with Gasteiger partial charge in [-0.2, -0.15) is 0 Å². The second kappa shape index (κ2) is 6.71. The minimum Gasteiger partial charge on any atom is -0.338 e. The number of aryl methyl sites for hydroxylation is 3. The van der Waals surface area contributed by atoms with Crippen molar-refractivity contribution in [1.29, 1.82) is 0 Å². The predicted octanol–water partition coefficient (Wildman–Crippen LogP) is 3.56. The number of imidazole rings is 1. The fraction of sp³-hybridized carbons (Fsp3) is 0.200. The molecule has 3 rings (SSSR count). The van der Waals surface area contributed by atoms with E-state index >= 15 is 0 Å². The average molecular weight is 319 g/mol. The van der Waals surface area contributed by atoms with Gasteiger partial charge >= 0.3 is 0 Å². The van der Waals surface area contributed by atoms with Crippen LogP contribution in [-0.4, -0.2) is 15.5 Å². The van der Waals surface area contributed by atoms with Gasteiger partial charge in [-0.1, -0.05) is 47.5 Å². The van der Waals surface area contributed by atoms with Crippen molar-refractivity contribution in [3.05, 3.63) is 89.0 Å². The zero-order valence-electron chi connectivity index (χ0n) is 14.2. The second-order valence-corrected chi connectivity index (χ2v) is 6.08. The van der Waals surface area contributed by atoms with Crippen LogP contribution in [0.25, 0.3) is 0 Å². The highest BCUT2D eigenvalue weighted by atomic mass is 16.1. The van der Waals surface area contributed by atoms with E-state index in [1.54, 1.807) is 6.20 Å². The number of nitrogens with one attached hydrogen (secondary N) is 1. The Bertz CT molecular complexity index is 832. The van der Waals surface area contributed by atoms with Gasteiger partial charge in [0, 0.05) is 25.0 Å². The topological polar surface area (TPSA) is 46.9 Å². The standard InChI is InChI=1S/C20H21N3O/c1-14-4-8-16(9-5-14)18(19-21-12-13-23(19)3)22-20(24)17-10-6-15(2)7-11-17/h4-13,18H,1-3H3,(H,22,24). The average Bonchev–Trinajstić information content (AvgIpc) is 3.00. The third-order valence-corrected chi connectivity index (χ3v) is 4.12. The van der Waals surface area contributed by atoms with Crippen LogP contribution in [0.5, 0.6) is 0 Å². The van der Waals surface area contributed by atoms with Crippen molar-refractivity contribution in [3.8, 4) is 0 Å². The number of carbonyl (C=O) groups excluding carboxylic acids is 1.